The van der Waals surface area contributed by atoms with E-state index in [1.54, 1.807) is 7.11 Å². The van der Waals surface area contributed by atoms with E-state index >= 15 is 0 Å². The molecule has 1 amide bonds. The Labute approximate surface area is 86.4 Å². The highest BCUT2D eigenvalue weighted by molar-refractivity contribution is 7.05. The van der Waals surface area contributed by atoms with Crippen LogP contribution in [0.5, 0.6) is 5.88 Å². The lowest BCUT2D eigenvalue weighted by Gasteiger charge is -2.06. The molecule has 1 aliphatic heterocycles. The van der Waals surface area contributed by atoms with Crippen molar-refractivity contribution < 1.29 is 9.53 Å². The van der Waals surface area contributed by atoms with E-state index in [0.717, 1.165) is 17.7 Å². The molecule has 0 aliphatic carbocycles. The van der Waals surface area contributed by atoms with Gasteiger partial charge in [-0.3, -0.25) is 4.79 Å². The standard InChI is InChI=1S/C9H12N2O2S/c1-13-9-5-7(14-11-9)4-6-2-3-8(12)10-6/h5-6H,2-4H2,1H3,(H,10,12). The van der Waals surface area contributed by atoms with Gasteiger partial charge in [0.25, 0.3) is 0 Å². The monoisotopic (exact) mass is 212 g/mol. The average molecular weight is 212 g/mol. The van der Waals surface area contributed by atoms with Crippen LogP contribution in [0.1, 0.15) is 17.7 Å². The van der Waals surface area contributed by atoms with E-state index in [1.165, 1.54) is 11.5 Å². The molecular weight excluding hydrogens is 200 g/mol. The predicted molar refractivity (Wildman–Crippen MR) is 53.5 cm³/mol. The van der Waals surface area contributed by atoms with Crippen LogP contribution in [0.25, 0.3) is 0 Å². The summed E-state index contributed by atoms with van der Waals surface area (Å²) in [5.74, 6) is 0.820. The van der Waals surface area contributed by atoms with Crippen molar-refractivity contribution in [1.82, 2.24) is 9.69 Å². The summed E-state index contributed by atoms with van der Waals surface area (Å²) in [6.07, 6.45) is 2.45. The minimum Gasteiger partial charge on any atom is -0.480 e. The van der Waals surface area contributed by atoms with Crippen LogP contribution in [-0.2, 0) is 11.2 Å². The molecule has 0 aromatic carbocycles. The first kappa shape index (κ1) is 9.45. The van der Waals surface area contributed by atoms with Crippen molar-refractivity contribution in [3.8, 4) is 5.88 Å². The predicted octanol–water partition coefficient (Wildman–Crippen LogP) is 0.973. The molecule has 2 rings (SSSR count). The fourth-order valence-corrected chi connectivity index (χ4v) is 2.32. The summed E-state index contributed by atoms with van der Waals surface area (Å²) in [4.78, 5) is 12.1. The molecule has 1 N–H and O–H groups in total. The molecule has 1 fully saturated rings. The molecule has 4 nitrogen and oxygen atoms in total. The van der Waals surface area contributed by atoms with Crippen molar-refractivity contribution >= 4 is 17.4 Å². The molecule has 2 heterocycles. The van der Waals surface area contributed by atoms with Gasteiger partial charge in [-0.1, -0.05) is 0 Å². The summed E-state index contributed by atoms with van der Waals surface area (Å²) < 4.78 is 9.09. The molecule has 0 spiro atoms. The molecule has 0 bridgehead atoms. The molecule has 1 aromatic heterocycles. The van der Waals surface area contributed by atoms with Crippen molar-refractivity contribution in [1.29, 1.82) is 0 Å². The van der Waals surface area contributed by atoms with Crippen LogP contribution in [-0.4, -0.2) is 23.4 Å². The smallest absolute Gasteiger partial charge is 0.225 e. The third-order valence-corrected chi connectivity index (χ3v) is 3.07. The van der Waals surface area contributed by atoms with Crippen LogP contribution in [0, 0.1) is 0 Å². The topological polar surface area (TPSA) is 51.2 Å². The number of hydrogen-bond donors (Lipinski definition) is 1. The molecule has 5 heteroatoms. The van der Waals surface area contributed by atoms with Crippen LogP contribution in [0.3, 0.4) is 0 Å². The summed E-state index contributed by atoms with van der Waals surface area (Å²) >= 11 is 1.44. The van der Waals surface area contributed by atoms with Crippen molar-refractivity contribution in [2.75, 3.05) is 7.11 Å². The van der Waals surface area contributed by atoms with Gasteiger partial charge in [0, 0.05) is 29.8 Å². The van der Waals surface area contributed by atoms with E-state index in [-0.39, 0.29) is 11.9 Å². The van der Waals surface area contributed by atoms with E-state index in [0.29, 0.717) is 12.3 Å². The first-order valence-corrected chi connectivity index (χ1v) is 5.34. The molecule has 0 saturated carbocycles. The molecule has 0 radical (unpaired) electrons. The highest BCUT2D eigenvalue weighted by atomic mass is 32.1. The number of aromatic nitrogens is 1. The summed E-state index contributed by atoms with van der Waals surface area (Å²) in [5, 5.41) is 2.93. The minimum atomic E-state index is 0.159. The van der Waals surface area contributed by atoms with Gasteiger partial charge in [0.15, 0.2) is 0 Å². The molecular formula is C9H12N2O2S. The SMILES string of the molecule is COc1cc(CC2CCC(=O)N2)sn1. The van der Waals surface area contributed by atoms with Gasteiger partial charge >= 0.3 is 0 Å². The number of rotatable bonds is 3. The molecule has 1 saturated heterocycles. The second-order valence-corrected chi connectivity index (χ2v) is 4.23. The van der Waals surface area contributed by atoms with Gasteiger partial charge in [-0.25, -0.2) is 0 Å². The number of nitrogens with one attached hydrogen (secondary N) is 1. The Morgan fingerprint density at radius 3 is 3.21 bits per heavy atom. The number of carbonyl (C=O) groups excluding carboxylic acids is 1. The van der Waals surface area contributed by atoms with E-state index in [2.05, 4.69) is 9.69 Å². The normalized spacial score (nSPS) is 20.9. The van der Waals surface area contributed by atoms with Gasteiger partial charge in [-0.05, 0) is 18.0 Å². The number of methoxy groups -OCH3 is 1. The zero-order valence-electron chi connectivity index (χ0n) is 7.95. The Hall–Kier alpha value is -1.10. The summed E-state index contributed by atoms with van der Waals surface area (Å²) in [5.41, 5.74) is 0. The van der Waals surface area contributed by atoms with Crippen LogP contribution in [0.2, 0.25) is 0 Å². The quantitative estimate of drug-likeness (QED) is 0.812. The summed E-state index contributed by atoms with van der Waals surface area (Å²) in [6, 6.07) is 2.21. The van der Waals surface area contributed by atoms with Gasteiger partial charge in [0.1, 0.15) is 0 Å². The number of amides is 1. The van der Waals surface area contributed by atoms with Crippen molar-refractivity contribution in [3.05, 3.63) is 10.9 Å². The maximum atomic E-state index is 11.0. The molecule has 1 unspecified atom stereocenters. The molecule has 76 valence electrons. The lowest BCUT2D eigenvalue weighted by atomic mass is 10.1. The van der Waals surface area contributed by atoms with Gasteiger partial charge in [0.05, 0.1) is 7.11 Å². The van der Waals surface area contributed by atoms with Crippen molar-refractivity contribution in [2.45, 2.75) is 25.3 Å². The van der Waals surface area contributed by atoms with Crippen LogP contribution < -0.4 is 10.1 Å². The third kappa shape index (κ3) is 2.04. The highest BCUT2D eigenvalue weighted by Crippen LogP contribution is 2.20. The van der Waals surface area contributed by atoms with E-state index in [9.17, 15) is 4.79 Å². The van der Waals surface area contributed by atoms with Gasteiger partial charge in [-0.15, -0.1) is 0 Å². The maximum Gasteiger partial charge on any atom is 0.225 e. The van der Waals surface area contributed by atoms with Crippen LogP contribution in [0.4, 0.5) is 0 Å². The largest absolute Gasteiger partial charge is 0.480 e. The molecule has 14 heavy (non-hydrogen) atoms. The first-order valence-electron chi connectivity index (χ1n) is 4.57. The van der Waals surface area contributed by atoms with Crippen molar-refractivity contribution in [2.24, 2.45) is 0 Å². The maximum absolute atomic E-state index is 11.0. The third-order valence-electron chi connectivity index (χ3n) is 2.28. The number of carbonyl (C=O) groups is 1. The second kappa shape index (κ2) is 3.96. The first-order chi connectivity index (χ1) is 6.78. The lowest BCUT2D eigenvalue weighted by Crippen LogP contribution is -2.26. The molecule has 1 aliphatic rings. The number of hydrogen-bond acceptors (Lipinski definition) is 4. The Morgan fingerprint density at radius 2 is 2.64 bits per heavy atom. The Bertz CT molecular complexity index is 337. The summed E-state index contributed by atoms with van der Waals surface area (Å²) in [6.45, 7) is 0. The van der Waals surface area contributed by atoms with Gasteiger partial charge < -0.3 is 10.1 Å². The van der Waals surface area contributed by atoms with E-state index in [4.69, 9.17) is 4.74 Å². The van der Waals surface area contributed by atoms with Gasteiger partial charge in [-0.2, -0.15) is 4.37 Å². The van der Waals surface area contributed by atoms with E-state index < -0.39 is 0 Å². The fraction of sp³-hybridized carbons (Fsp3) is 0.556. The Balaban J connectivity index is 1.93. The molecule has 1 atom stereocenters. The van der Waals surface area contributed by atoms with Crippen molar-refractivity contribution in [3.63, 3.8) is 0 Å². The number of nitrogens with zero attached hydrogens (tertiary/aromatic N) is 1. The lowest BCUT2D eigenvalue weighted by molar-refractivity contribution is -0.119. The highest BCUT2D eigenvalue weighted by Gasteiger charge is 2.21. The average Bonchev–Trinajstić information content (AvgIpc) is 2.76. The molecule has 1 aromatic rings. The van der Waals surface area contributed by atoms with Crippen LogP contribution >= 0.6 is 11.5 Å². The Morgan fingerprint density at radius 1 is 1.79 bits per heavy atom. The van der Waals surface area contributed by atoms with Crippen LogP contribution in [0.15, 0.2) is 6.07 Å². The number of ether oxygens (including phenoxy) is 1. The van der Waals surface area contributed by atoms with E-state index in [1.807, 2.05) is 6.07 Å². The minimum absolute atomic E-state index is 0.159. The summed E-state index contributed by atoms with van der Waals surface area (Å²) in [7, 11) is 1.61. The zero-order chi connectivity index (χ0) is 9.97. The fourth-order valence-electron chi connectivity index (χ4n) is 1.56. The second-order valence-electron chi connectivity index (χ2n) is 3.34. The zero-order valence-corrected chi connectivity index (χ0v) is 8.76. The van der Waals surface area contributed by atoms with Gasteiger partial charge in [0.2, 0.25) is 11.8 Å². The Kier molecular flexibility index (Phi) is 2.67.